The average molecular weight is 523 g/mol. The Labute approximate surface area is 209 Å². The maximum Gasteiger partial charge on any atom is 0.416 e. The molecule has 2 aromatic carbocycles. The highest BCUT2D eigenvalue weighted by molar-refractivity contribution is 6.30. The SMILES string of the molecule is CCC(=O)NC1CCN(c2cc(=O)n(-c3ccc(C(F)(F)F)cc3)c(-c3ccc(Cl)cc3F)n2)CC1. The minimum Gasteiger partial charge on any atom is -0.356 e. The van der Waals surface area contributed by atoms with Crippen molar-refractivity contribution < 1.29 is 22.4 Å². The molecule has 3 aromatic rings. The number of hydrogen-bond donors (Lipinski definition) is 1. The zero-order valence-corrected chi connectivity index (χ0v) is 20.0. The van der Waals surface area contributed by atoms with Crippen LogP contribution in [-0.2, 0) is 11.0 Å². The molecular formula is C25H23ClF4N4O2. The van der Waals surface area contributed by atoms with Gasteiger partial charge >= 0.3 is 6.18 Å². The highest BCUT2D eigenvalue weighted by Gasteiger charge is 2.30. The Morgan fingerprint density at radius 1 is 1.11 bits per heavy atom. The second-order valence-electron chi connectivity index (χ2n) is 8.46. The Bertz CT molecular complexity index is 1320. The number of nitrogens with zero attached hydrogens (tertiary/aromatic N) is 3. The number of hydrogen-bond acceptors (Lipinski definition) is 4. The molecular weight excluding hydrogens is 500 g/mol. The van der Waals surface area contributed by atoms with Crippen LogP contribution in [0.2, 0.25) is 5.02 Å². The number of nitrogens with one attached hydrogen (secondary N) is 1. The first-order valence-corrected chi connectivity index (χ1v) is 11.8. The van der Waals surface area contributed by atoms with Crippen molar-refractivity contribution in [2.24, 2.45) is 0 Å². The van der Waals surface area contributed by atoms with Crippen LogP contribution in [0.5, 0.6) is 0 Å². The summed E-state index contributed by atoms with van der Waals surface area (Å²) in [6, 6.07) is 9.17. The first-order valence-electron chi connectivity index (χ1n) is 11.4. The predicted octanol–water partition coefficient (Wildman–Crippen LogP) is 5.21. The molecule has 1 N–H and O–H groups in total. The molecule has 0 saturated carbocycles. The van der Waals surface area contributed by atoms with Gasteiger partial charge in [0.1, 0.15) is 11.6 Å². The van der Waals surface area contributed by atoms with Crippen LogP contribution in [0.25, 0.3) is 17.1 Å². The first-order chi connectivity index (χ1) is 17.1. The zero-order valence-electron chi connectivity index (χ0n) is 19.3. The Morgan fingerprint density at radius 3 is 2.36 bits per heavy atom. The molecule has 1 amide bonds. The van der Waals surface area contributed by atoms with Gasteiger partial charge in [-0.15, -0.1) is 0 Å². The van der Waals surface area contributed by atoms with Crippen LogP contribution in [0.3, 0.4) is 0 Å². The molecule has 0 atom stereocenters. The molecule has 36 heavy (non-hydrogen) atoms. The summed E-state index contributed by atoms with van der Waals surface area (Å²) in [6.07, 6.45) is -2.88. The number of carbonyl (C=O) groups excluding carboxylic acids is 1. The van der Waals surface area contributed by atoms with Gasteiger partial charge in [-0.25, -0.2) is 9.37 Å². The van der Waals surface area contributed by atoms with Crippen LogP contribution in [0.4, 0.5) is 23.4 Å². The number of amides is 1. The fourth-order valence-corrected chi connectivity index (χ4v) is 4.27. The molecule has 0 aliphatic carbocycles. The highest BCUT2D eigenvalue weighted by atomic mass is 35.5. The fourth-order valence-electron chi connectivity index (χ4n) is 4.12. The van der Waals surface area contributed by atoms with Crippen LogP contribution < -0.4 is 15.8 Å². The smallest absolute Gasteiger partial charge is 0.356 e. The van der Waals surface area contributed by atoms with Crippen molar-refractivity contribution in [3.05, 3.63) is 75.3 Å². The van der Waals surface area contributed by atoms with Gasteiger partial charge in [-0.2, -0.15) is 13.2 Å². The number of carbonyl (C=O) groups is 1. The van der Waals surface area contributed by atoms with Crippen molar-refractivity contribution in [3.63, 3.8) is 0 Å². The van der Waals surface area contributed by atoms with Gasteiger partial charge in [0, 0.05) is 36.6 Å². The molecule has 0 unspecified atom stereocenters. The number of rotatable bonds is 5. The van der Waals surface area contributed by atoms with Crippen LogP contribution in [0, 0.1) is 5.82 Å². The molecule has 1 aliphatic heterocycles. The monoisotopic (exact) mass is 522 g/mol. The number of benzene rings is 2. The van der Waals surface area contributed by atoms with E-state index in [0.717, 1.165) is 34.9 Å². The molecule has 0 radical (unpaired) electrons. The lowest BCUT2D eigenvalue weighted by Crippen LogP contribution is -2.45. The van der Waals surface area contributed by atoms with Crippen LogP contribution >= 0.6 is 11.6 Å². The summed E-state index contributed by atoms with van der Waals surface area (Å²) in [7, 11) is 0. The van der Waals surface area contributed by atoms with Crippen LogP contribution in [0.15, 0.2) is 53.3 Å². The largest absolute Gasteiger partial charge is 0.416 e. The Morgan fingerprint density at radius 2 is 1.78 bits per heavy atom. The summed E-state index contributed by atoms with van der Waals surface area (Å²) in [5.41, 5.74) is -1.37. The van der Waals surface area contributed by atoms with Crippen LogP contribution in [0.1, 0.15) is 31.7 Å². The minimum absolute atomic E-state index is 0.00870. The quantitative estimate of drug-likeness (QED) is 0.467. The minimum atomic E-state index is -4.54. The van der Waals surface area contributed by atoms with Crippen molar-refractivity contribution in [1.82, 2.24) is 14.9 Å². The second kappa shape index (κ2) is 10.3. The zero-order chi connectivity index (χ0) is 26.0. The third-order valence-corrected chi connectivity index (χ3v) is 6.27. The number of anilines is 1. The maximum absolute atomic E-state index is 14.9. The van der Waals surface area contributed by atoms with E-state index in [9.17, 15) is 27.2 Å². The molecule has 1 fully saturated rings. The molecule has 2 heterocycles. The fraction of sp³-hybridized carbons (Fsp3) is 0.320. The van der Waals surface area contributed by atoms with Crippen molar-refractivity contribution in [3.8, 4) is 17.1 Å². The molecule has 1 aliphatic rings. The first kappa shape index (κ1) is 25.7. The molecule has 6 nitrogen and oxygen atoms in total. The number of aromatic nitrogens is 2. The summed E-state index contributed by atoms with van der Waals surface area (Å²) in [4.78, 5) is 31.4. The van der Waals surface area contributed by atoms with E-state index in [2.05, 4.69) is 10.3 Å². The van der Waals surface area contributed by atoms with E-state index >= 15 is 0 Å². The van der Waals surface area contributed by atoms with E-state index in [1.165, 1.54) is 18.2 Å². The Balaban J connectivity index is 1.75. The molecule has 1 saturated heterocycles. The number of piperidine rings is 1. The third kappa shape index (κ3) is 5.53. The van der Waals surface area contributed by atoms with Gasteiger partial charge in [-0.1, -0.05) is 18.5 Å². The van der Waals surface area contributed by atoms with E-state index in [1.54, 1.807) is 6.92 Å². The normalized spacial score (nSPS) is 14.7. The molecule has 1 aromatic heterocycles. The lowest BCUT2D eigenvalue weighted by atomic mass is 10.0. The maximum atomic E-state index is 14.9. The van der Waals surface area contributed by atoms with Gasteiger partial charge < -0.3 is 10.2 Å². The summed E-state index contributed by atoms with van der Waals surface area (Å²) in [5.74, 6) is -0.514. The average Bonchev–Trinajstić information content (AvgIpc) is 2.83. The highest BCUT2D eigenvalue weighted by Crippen LogP contribution is 2.31. The Hall–Kier alpha value is -3.40. The van der Waals surface area contributed by atoms with Gasteiger partial charge in [0.15, 0.2) is 5.82 Å². The van der Waals surface area contributed by atoms with E-state index in [0.29, 0.717) is 38.2 Å². The van der Waals surface area contributed by atoms with Gasteiger partial charge in [-0.05, 0) is 55.3 Å². The van der Waals surface area contributed by atoms with Gasteiger partial charge in [0.05, 0.1) is 16.8 Å². The van der Waals surface area contributed by atoms with Crippen molar-refractivity contribution in [2.75, 3.05) is 18.0 Å². The summed E-state index contributed by atoms with van der Waals surface area (Å²) < 4.78 is 55.1. The summed E-state index contributed by atoms with van der Waals surface area (Å²) >= 11 is 5.89. The number of halogens is 5. The Kier molecular flexibility index (Phi) is 7.35. The molecule has 0 spiro atoms. The standard InChI is InChI=1S/C25H23ClF4N4O2/c1-2-22(35)31-17-9-11-33(12-10-17)21-14-23(36)34(18-6-3-15(4-7-18)25(28,29)30)24(32-21)19-8-5-16(26)13-20(19)27/h3-8,13-14,17H,2,9-12H2,1H3,(H,31,35). The van der Waals surface area contributed by atoms with Gasteiger partial charge in [0.25, 0.3) is 5.56 Å². The van der Waals surface area contributed by atoms with Crippen LogP contribution in [-0.4, -0.2) is 34.6 Å². The molecule has 4 rings (SSSR count). The second-order valence-corrected chi connectivity index (χ2v) is 8.90. The molecule has 11 heteroatoms. The van der Waals surface area contributed by atoms with E-state index in [1.807, 2.05) is 4.90 Å². The van der Waals surface area contributed by atoms with E-state index < -0.39 is 23.1 Å². The lowest BCUT2D eigenvalue weighted by Gasteiger charge is -2.33. The van der Waals surface area contributed by atoms with Crippen molar-refractivity contribution >= 4 is 23.3 Å². The third-order valence-electron chi connectivity index (χ3n) is 6.04. The van der Waals surface area contributed by atoms with Gasteiger partial charge in [0.2, 0.25) is 5.91 Å². The van der Waals surface area contributed by atoms with E-state index in [-0.39, 0.29) is 34.0 Å². The predicted molar refractivity (Wildman–Crippen MR) is 129 cm³/mol. The van der Waals surface area contributed by atoms with Crippen molar-refractivity contribution in [2.45, 2.75) is 38.4 Å². The summed E-state index contributed by atoms with van der Waals surface area (Å²) in [6.45, 7) is 2.79. The molecule has 0 bridgehead atoms. The lowest BCUT2D eigenvalue weighted by molar-refractivity contribution is -0.137. The topological polar surface area (TPSA) is 67.2 Å². The van der Waals surface area contributed by atoms with E-state index in [4.69, 9.17) is 11.6 Å². The molecule has 190 valence electrons. The van der Waals surface area contributed by atoms with Gasteiger partial charge in [-0.3, -0.25) is 14.2 Å². The van der Waals surface area contributed by atoms with Crippen molar-refractivity contribution in [1.29, 1.82) is 0 Å². The number of alkyl halides is 3. The summed E-state index contributed by atoms with van der Waals surface area (Å²) in [5, 5.41) is 3.10.